The van der Waals surface area contributed by atoms with Crippen LogP contribution in [-0.4, -0.2) is 12.6 Å². The molecule has 2 nitrogen and oxygen atoms in total. The highest BCUT2D eigenvalue weighted by molar-refractivity contribution is 5.69. The summed E-state index contributed by atoms with van der Waals surface area (Å²) in [5.41, 5.74) is 5.62. The molecule has 1 rings (SSSR count). The van der Waals surface area contributed by atoms with Gasteiger partial charge in [0.15, 0.2) is 0 Å². The van der Waals surface area contributed by atoms with Crippen molar-refractivity contribution in [3.63, 3.8) is 0 Å². The molecule has 2 heteroatoms. The van der Waals surface area contributed by atoms with E-state index in [4.69, 9.17) is 4.74 Å². The maximum absolute atomic E-state index is 11.5. The summed E-state index contributed by atoms with van der Waals surface area (Å²) in [5, 5.41) is 0. The number of allylic oxidation sites excluding steroid dienone is 9. The van der Waals surface area contributed by atoms with E-state index in [1.54, 1.807) is 0 Å². The predicted molar refractivity (Wildman–Crippen MR) is 117 cm³/mol. The van der Waals surface area contributed by atoms with Crippen molar-refractivity contribution in [2.45, 2.75) is 80.1 Å². The first kappa shape index (κ1) is 23.2. The number of carbonyl (C=O) groups excluding carboxylic acids is 1. The Kier molecular flexibility index (Phi) is 10.1. The molecule has 0 saturated carbocycles. The number of rotatable bonds is 9. The average Bonchev–Trinajstić information content (AvgIpc) is 2.59. The van der Waals surface area contributed by atoms with Crippen molar-refractivity contribution >= 4 is 5.97 Å². The minimum Gasteiger partial charge on any atom is -0.461 e. The zero-order valence-electron chi connectivity index (χ0n) is 18.2. The van der Waals surface area contributed by atoms with Gasteiger partial charge in [0.1, 0.15) is 6.61 Å². The first-order valence-electron chi connectivity index (χ1n) is 10.3. The lowest BCUT2D eigenvalue weighted by Gasteiger charge is -2.32. The number of esters is 1. The van der Waals surface area contributed by atoms with E-state index in [1.165, 1.54) is 36.0 Å². The van der Waals surface area contributed by atoms with Gasteiger partial charge in [0.25, 0.3) is 0 Å². The summed E-state index contributed by atoms with van der Waals surface area (Å²) < 4.78 is 5.20. The van der Waals surface area contributed by atoms with Crippen LogP contribution in [0.3, 0.4) is 0 Å². The maximum atomic E-state index is 11.5. The van der Waals surface area contributed by atoms with Gasteiger partial charge >= 0.3 is 5.97 Å². The Morgan fingerprint density at radius 2 is 1.93 bits per heavy atom. The quantitative estimate of drug-likeness (QED) is 0.315. The van der Waals surface area contributed by atoms with Gasteiger partial charge in [0, 0.05) is 6.42 Å². The van der Waals surface area contributed by atoms with Crippen LogP contribution in [0.5, 0.6) is 0 Å². The van der Waals surface area contributed by atoms with Crippen LogP contribution in [0, 0.1) is 5.41 Å². The van der Waals surface area contributed by atoms with E-state index in [2.05, 4.69) is 58.9 Å². The Hall–Kier alpha value is -1.83. The molecule has 0 N–H and O–H groups in total. The molecule has 150 valence electrons. The van der Waals surface area contributed by atoms with Crippen LogP contribution in [0.1, 0.15) is 80.1 Å². The maximum Gasteiger partial charge on any atom is 0.306 e. The van der Waals surface area contributed by atoms with Crippen LogP contribution >= 0.6 is 0 Å². The summed E-state index contributed by atoms with van der Waals surface area (Å²) in [5.74, 6) is -0.110. The predicted octanol–water partition coefficient (Wildman–Crippen LogP) is 7.25. The van der Waals surface area contributed by atoms with Crippen LogP contribution in [0.2, 0.25) is 0 Å². The Balaban J connectivity index is 2.55. The lowest BCUT2D eigenvalue weighted by molar-refractivity contribution is -0.142. The second-order valence-corrected chi connectivity index (χ2v) is 8.27. The SMILES string of the molecule is CCCCC(=O)OCC=C(C)C=CC=C(C)C=CC1=C(C)CCCC1(C)C. The highest BCUT2D eigenvalue weighted by atomic mass is 16.5. The third-order valence-corrected chi connectivity index (χ3v) is 5.16. The normalized spacial score (nSPS) is 18.6. The van der Waals surface area contributed by atoms with E-state index in [-0.39, 0.29) is 11.4 Å². The Bertz CT molecular complexity index is 639. The summed E-state index contributed by atoms with van der Waals surface area (Å²) in [7, 11) is 0. The van der Waals surface area contributed by atoms with E-state index >= 15 is 0 Å². The minimum absolute atomic E-state index is 0.110. The number of ether oxygens (including phenoxy) is 1. The minimum atomic E-state index is -0.110. The molecule has 0 aromatic rings. The van der Waals surface area contributed by atoms with E-state index in [0.29, 0.717) is 13.0 Å². The summed E-state index contributed by atoms with van der Waals surface area (Å²) >= 11 is 0. The van der Waals surface area contributed by atoms with Gasteiger partial charge in [-0.3, -0.25) is 4.79 Å². The van der Waals surface area contributed by atoms with Crippen molar-refractivity contribution in [1.29, 1.82) is 0 Å². The molecule has 0 atom stereocenters. The second-order valence-electron chi connectivity index (χ2n) is 8.27. The smallest absolute Gasteiger partial charge is 0.306 e. The number of unbranched alkanes of at least 4 members (excludes halogenated alkanes) is 1. The molecular weight excluding hydrogens is 332 g/mol. The number of carbonyl (C=O) groups is 1. The molecule has 0 amide bonds. The number of hydrogen-bond acceptors (Lipinski definition) is 2. The zero-order valence-corrected chi connectivity index (χ0v) is 18.2. The van der Waals surface area contributed by atoms with Crippen LogP contribution in [0.15, 0.2) is 58.7 Å². The van der Waals surface area contributed by atoms with Gasteiger partial charge < -0.3 is 4.74 Å². The zero-order chi connectivity index (χ0) is 20.3. The molecule has 0 unspecified atom stereocenters. The first-order valence-corrected chi connectivity index (χ1v) is 10.3. The van der Waals surface area contributed by atoms with Crippen molar-refractivity contribution in [2.24, 2.45) is 5.41 Å². The van der Waals surface area contributed by atoms with Gasteiger partial charge in [-0.25, -0.2) is 0 Å². The Morgan fingerprint density at radius 3 is 2.59 bits per heavy atom. The third-order valence-electron chi connectivity index (χ3n) is 5.16. The van der Waals surface area contributed by atoms with Crippen molar-refractivity contribution in [2.75, 3.05) is 6.61 Å². The van der Waals surface area contributed by atoms with Gasteiger partial charge in [0.05, 0.1) is 0 Å². The fraction of sp³-hybridized carbons (Fsp3) is 0.560. The Morgan fingerprint density at radius 1 is 1.19 bits per heavy atom. The molecule has 0 heterocycles. The van der Waals surface area contributed by atoms with E-state index < -0.39 is 0 Å². The molecule has 0 fully saturated rings. The molecule has 1 aliphatic rings. The van der Waals surface area contributed by atoms with Crippen molar-refractivity contribution < 1.29 is 9.53 Å². The highest BCUT2D eigenvalue weighted by Crippen LogP contribution is 2.40. The lowest BCUT2D eigenvalue weighted by Crippen LogP contribution is -2.19. The standard InChI is InChI=1S/C25H38O2/c1-7-8-14-24(26)27-19-17-21(3)12-9-11-20(2)15-16-23-22(4)13-10-18-25(23,5)6/h9,11-12,15-17H,7-8,10,13-14,18-19H2,1-6H3. The molecule has 0 bridgehead atoms. The summed E-state index contributed by atoms with van der Waals surface area (Å²) in [6, 6.07) is 0. The summed E-state index contributed by atoms with van der Waals surface area (Å²) in [4.78, 5) is 11.5. The van der Waals surface area contributed by atoms with Gasteiger partial charge in [-0.05, 0) is 63.5 Å². The summed E-state index contributed by atoms with van der Waals surface area (Å²) in [6.07, 6.45) is 18.9. The first-order chi connectivity index (χ1) is 12.8. The Labute approximate surface area is 166 Å². The van der Waals surface area contributed by atoms with Crippen molar-refractivity contribution in [3.8, 4) is 0 Å². The number of hydrogen-bond donors (Lipinski definition) is 0. The van der Waals surface area contributed by atoms with Crippen molar-refractivity contribution in [1.82, 2.24) is 0 Å². The molecular formula is C25H38O2. The molecule has 0 aliphatic heterocycles. The van der Waals surface area contributed by atoms with Crippen molar-refractivity contribution in [3.05, 3.63) is 58.7 Å². The fourth-order valence-corrected chi connectivity index (χ4v) is 3.36. The highest BCUT2D eigenvalue weighted by Gasteiger charge is 2.26. The lowest BCUT2D eigenvalue weighted by atomic mass is 9.72. The topological polar surface area (TPSA) is 26.3 Å². The molecule has 0 aromatic heterocycles. The molecule has 0 radical (unpaired) electrons. The largest absolute Gasteiger partial charge is 0.461 e. The van der Waals surface area contributed by atoms with Crippen LogP contribution < -0.4 is 0 Å². The van der Waals surface area contributed by atoms with Gasteiger partial charge in [-0.2, -0.15) is 0 Å². The average molecular weight is 371 g/mol. The van der Waals surface area contributed by atoms with Crippen LogP contribution in [0.25, 0.3) is 0 Å². The van der Waals surface area contributed by atoms with E-state index in [0.717, 1.165) is 18.4 Å². The van der Waals surface area contributed by atoms with Gasteiger partial charge in [-0.1, -0.05) is 74.3 Å². The molecule has 1 aliphatic carbocycles. The van der Waals surface area contributed by atoms with E-state index in [9.17, 15) is 4.79 Å². The molecule has 0 spiro atoms. The van der Waals surface area contributed by atoms with Crippen LogP contribution in [0.4, 0.5) is 0 Å². The second kappa shape index (κ2) is 11.8. The monoisotopic (exact) mass is 370 g/mol. The molecule has 0 saturated heterocycles. The van der Waals surface area contributed by atoms with Crippen LogP contribution in [-0.2, 0) is 9.53 Å². The third kappa shape index (κ3) is 9.08. The van der Waals surface area contributed by atoms with Gasteiger partial charge in [0.2, 0.25) is 0 Å². The van der Waals surface area contributed by atoms with Gasteiger partial charge in [-0.15, -0.1) is 0 Å². The van der Waals surface area contributed by atoms with E-state index in [1.807, 2.05) is 19.1 Å². The molecule has 0 aromatic carbocycles. The molecule has 27 heavy (non-hydrogen) atoms. The fourth-order valence-electron chi connectivity index (χ4n) is 3.36. The summed E-state index contributed by atoms with van der Waals surface area (Å²) in [6.45, 7) is 13.5.